The van der Waals surface area contributed by atoms with Crippen LogP contribution in [0.1, 0.15) is 23.0 Å². The van der Waals surface area contributed by atoms with Gasteiger partial charge < -0.3 is 10.6 Å². The second kappa shape index (κ2) is 6.86. The van der Waals surface area contributed by atoms with Crippen molar-refractivity contribution in [2.24, 2.45) is 0 Å². The summed E-state index contributed by atoms with van der Waals surface area (Å²) >= 11 is 6.02. The van der Waals surface area contributed by atoms with Crippen molar-refractivity contribution >= 4 is 23.3 Å². The second-order valence-electron chi connectivity index (χ2n) is 4.09. The Balaban J connectivity index is 1.96. The van der Waals surface area contributed by atoms with Crippen molar-refractivity contribution in [2.45, 2.75) is 13.5 Å². The number of halogens is 1. The van der Waals surface area contributed by atoms with Crippen LogP contribution < -0.4 is 10.6 Å². The molecule has 0 bridgehead atoms. The van der Waals surface area contributed by atoms with Gasteiger partial charge in [-0.05, 0) is 18.6 Å². The van der Waals surface area contributed by atoms with E-state index in [4.69, 9.17) is 11.6 Å². The fourth-order valence-corrected chi connectivity index (χ4v) is 1.83. The van der Waals surface area contributed by atoms with Crippen LogP contribution in [0.3, 0.4) is 0 Å². The van der Waals surface area contributed by atoms with Crippen LogP contribution in [0.5, 0.6) is 0 Å². The summed E-state index contributed by atoms with van der Waals surface area (Å²) in [5, 5.41) is 6.40. The first kappa shape index (κ1) is 14.3. The van der Waals surface area contributed by atoms with E-state index < -0.39 is 0 Å². The van der Waals surface area contributed by atoms with Gasteiger partial charge in [0.15, 0.2) is 0 Å². The van der Waals surface area contributed by atoms with E-state index in [0.717, 1.165) is 12.1 Å². The quantitative estimate of drug-likeness (QED) is 0.888. The Morgan fingerprint density at radius 2 is 2.05 bits per heavy atom. The number of hydrogen-bond acceptors (Lipinski definition) is 4. The van der Waals surface area contributed by atoms with E-state index in [0.29, 0.717) is 17.4 Å². The molecule has 0 saturated carbocycles. The largest absolute Gasteiger partial charge is 0.369 e. The van der Waals surface area contributed by atoms with Crippen LogP contribution in [0, 0.1) is 0 Å². The molecule has 20 heavy (non-hydrogen) atoms. The Morgan fingerprint density at radius 1 is 1.25 bits per heavy atom. The third-order valence-corrected chi connectivity index (χ3v) is 3.01. The molecule has 0 fully saturated rings. The highest BCUT2D eigenvalue weighted by Gasteiger charge is 2.08. The number of aromatic nitrogens is 2. The van der Waals surface area contributed by atoms with Crippen LogP contribution in [0.4, 0.5) is 5.82 Å². The number of carbonyl (C=O) groups excluding carboxylic acids is 1. The number of amides is 1. The smallest absolute Gasteiger partial charge is 0.271 e. The SMILES string of the molecule is CCNc1cnc(C(=O)NCc2ccccc2Cl)cn1. The van der Waals surface area contributed by atoms with Gasteiger partial charge in [-0.25, -0.2) is 9.97 Å². The molecular formula is C14H15ClN4O. The topological polar surface area (TPSA) is 66.9 Å². The standard InChI is InChI=1S/C14H15ClN4O/c1-2-16-13-9-17-12(8-18-13)14(20)19-7-10-5-3-4-6-11(10)15/h3-6,8-9H,2,7H2,1H3,(H,16,18)(H,19,20). The van der Waals surface area contributed by atoms with Crippen LogP contribution >= 0.6 is 11.6 Å². The molecule has 5 nitrogen and oxygen atoms in total. The Labute approximate surface area is 122 Å². The van der Waals surface area contributed by atoms with Crippen molar-refractivity contribution in [1.82, 2.24) is 15.3 Å². The third-order valence-electron chi connectivity index (χ3n) is 2.64. The number of carbonyl (C=O) groups is 1. The molecule has 2 N–H and O–H groups in total. The van der Waals surface area contributed by atoms with E-state index in [9.17, 15) is 4.79 Å². The van der Waals surface area contributed by atoms with Gasteiger partial charge >= 0.3 is 0 Å². The van der Waals surface area contributed by atoms with Crippen molar-refractivity contribution < 1.29 is 4.79 Å². The monoisotopic (exact) mass is 290 g/mol. The first-order valence-corrected chi connectivity index (χ1v) is 6.66. The minimum atomic E-state index is -0.277. The van der Waals surface area contributed by atoms with Crippen LogP contribution in [-0.4, -0.2) is 22.4 Å². The Morgan fingerprint density at radius 3 is 2.70 bits per heavy atom. The number of anilines is 1. The van der Waals surface area contributed by atoms with E-state index in [1.165, 1.54) is 12.4 Å². The summed E-state index contributed by atoms with van der Waals surface area (Å²) in [6.07, 6.45) is 2.98. The number of rotatable bonds is 5. The molecular weight excluding hydrogens is 276 g/mol. The molecule has 6 heteroatoms. The zero-order valence-corrected chi connectivity index (χ0v) is 11.8. The van der Waals surface area contributed by atoms with Gasteiger partial charge in [-0.1, -0.05) is 29.8 Å². The molecule has 0 aliphatic heterocycles. The Kier molecular flexibility index (Phi) is 4.90. The molecule has 1 aromatic carbocycles. The molecule has 0 unspecified atom stereocenters. The molecule has 0 atom stereocenters. The lowest BCUT2D eigenvalue weighted by atomic mass is 10.2. The molecule has 0 aliphatic rings. The van der Waals surface area contributed by atoms with Crippen molar-refractivity contribution in [2.75, 3.05) is 11.9 Å². The van der Waals surface area contributed by atoms with E-state index in [1.807, 2.05) is 25.1 Å². The molecule has 104 valence electrons. The zero-order valence-electron chi connectivity index (χ0n) is 11.1. The highest BCUT2D eigenvalue weighted by molar-refractivity contribution is 6.31. The number of hydrogen-bond donors (Lipinski definition) is 2. The first-order valence-electron chi connectivity index (χ1n) is 6.28. The maximum absolute atomic E-state index is 11.9. The lowest BCUT2D eigenvalue weighted by Crippen LogP contribution is -2.24. The number of benzene rings is 1. The molecule has 1 aromatic heterocycles. The summed E-state index contributed by atoms with van der Waals surface area (Å²) in [6, 6.07) is 7.37. The fourth-order valence-electron chi connectivity index (χ4n) is 1.63. The Bertz CT molecular complexity index is 586. The van der Waals surface area contributed by atoms with E-state index in [-0.39, 0.29) is 11.6 Å². The minimum Gasteiger partial charge on any atom is -0.369 e. The normalized spacial score (nSPS) is 10.1. The Hall–Kier alpha value is -2.14. The van der Waals surface area contributed by atoms with Gasteiger partial charge in [0, 0.05) is 18.1 Å². The van der Waals surface area contributed by atoms with Gasteiger partial charge in [-0.3, -0.25) is 4.79 Å². The predicted octanol–water partition coefficient (Wildman–Crippen LogP) is 2.49. The lowest BCUT2D eigenvalue weighted by Gasteiger charge is -2.07. The molecule has 2 rings (SSSR count). The predicted molar refractivity (Wildman–Crippen MR) is 78.8 cm³/mol. The van der Waals surface area contributed by atoms with Gasteiger partial charge in [-0.2, -0.15) is 0 Å². The van der Waals surface area contributed by atoms with Gasteiger partial charge in [0.05, 0.1) is 12.4 Å². The molecule has 2 aromatic rings. The highest BCUT2D eigenvalue weighted by atomic mass is 35.5. The molecule has 1 heterocycles. The lowest BCUT2D eigenvalue weighted by molar-refractivity contribution is 0.0945. The fraction of sp³-hybridized carbons (Fsp3) is 0.214. The third kappa shape index (κ3) is 3.68. The van der Waals surface area contributed by atoms with E-state index in [1.54, 1.807) is 6.07 Å². The van der Waals surface area contributed by atoms with Crippen LogP contribution in [-0.2, 0) is 6.54 Å². The molecule has 1 amide bonds. The number of nitrogens with zero attached hydrogens (tertiary/aromatic N) is 2. The van der Waals surface area contributed by atoms with E-state index >= 15 is 0 Å². The first-order chi connectivity index (χ1) is 9.70. The molecule has 0 spiro atoms. The van der Waals surface area contributed by atoms with Gasteiger partial charge in [0.1, 0.15) is 11.5 Å². The van der Waals surface area contributed by atoms with Crippen LogP contribution in [0.25, 0.3) is 0 Å². The summed E-state index contributed by atoms with van der Waals surface area (Å²) in [5.74, 6) is 0.371. The minimum absolute atomic E-state index is 0.277. The summed E-state index contributed by atoms with van der Waals surface area (Å²) in [5.41, 5.74) is 1.14. The zero-order chi connectivity index (χ0) is 14.4. The summed E-state index contributed by atoms with van der Waals surface area (Å²) < 4.78 is 0. The number of nitrogens with one attached hydrogen (secondary N) is 2. The average molecular weight is 291 g/mol. The molecule has 0 saturated heterocycles. The molecule has 0 aliphatic carbocycles. The van der Waals surface area contributed by atoms with E-state index in [2.05, 4.69) is 20.6 Å². The highest BCUT2D eigenvalue weighted by Crippen LogP contribution is 2.14. The van der Waals surface area contributed by atoms with Gasteiger partial charge in [0.2, 0.25) is 0 Å². The van der Waals surface area contributed by atoms with Crippen molar-refractivity contribution in [1.29, 1.82) is 0 Å². The second-order valence-corrected chi connectivity index (χ2v) is 4.50. The maximum Gasteiger partial charge on any atom is 0.271 e. The van der Waals surface area contributed by atoms with Crippen LogP contribution in [0.2, 0.25) is 5.02 Å². The maximum atomic E-state index is 11.9. The summed E-state index contributed by atoms with van der Waals surface area (Å²) in [7, 11) is 0. The van der Waals surface area contributed by atoms with Crippen molar-refractivity contribution in [3.05, 3.63) is 52.9 Å². The van der Waals surface area contributed by atoms with Crippen molar-refractivity contribution in [3.8, 4) is 0 Å². The van der Waals surface area contributed by atoms with Crippen molar-refractivity contribution in [3.63, 3.8) is 0 Å². The summed E-state index contributed by atoms with van der Waals surface area (Å²) in [6.45, 7) is 3.08. The molecule has 0 radical (unpaired) electrons. The summed E-state index contributed by atoms with van der Waals surface area (Å²) in [4.78, 5) is 20.1. The van der Waals surface area contributed by atoms with Gasteiger partial charge in [-0.15, -0.1) is 0 Å². The van der Waals surface area contributed by atoms with Gasteiger partial charge in [0.25, 0.3) is 5.91 Å². The van der Waals surface area contributed by atoms with Crippen LogP contribution in [0.15, 0.2) is 36.7 Å². The average Bonchev–Trinajstić information content (AvgIpc) is 2.47.